The van der Waals surface area contributed by atoms with E-state index in [1.807, 2.05) is 0 Å². The van der Waals surface area contributed by atoms with Crippen molar-refractivity contribution in [2.24, 2.45) is 0 Å². The van der Waals surface area contributed by atoms with Crippen LogP contribution in [0.25, 0.3) is 6.08 Å². The minimum Gasteiger partial charge on any atom is -0.496 e. The first-order valence-electron chi connectivity index (χ1n) is 8.56. The number of hydrogen-bond donors (Lipinski definition) is 2. The number of nitrogens with one attached hydrogen (secondary N) is 2. The Labute approximate surface area is 176 Å². The van der Waals surface area contributed by atoms with E-state index in [-0.39, 0.29) is 17.8 Å². The number of thioether (sulfide) groups is 1. The van der Waals surface area contributed by atoms with Gasteiger partial charge >= 0.3 is 0 Å². The van der Waals surface area contributed by atoms with E-state index in [0.717, 1.165) is 17.3 Å². The highest BCUT2D eigenvalue weighted by atomic mass is 35.5. The summed E-state index contributed by atoms with van der Waals surface area (Å²) in [6.07, 6.45) is 1.63. The first-order chi connectivity index (χ1) is 14.0. The van der Waals surface area contributed by atoms with Crippen molar-refractivity contribution in [3.05, 3.63) is 63.5 Å². The van der Waals surface area contributed by atoms with Crippen LogP contribution in [0, 0.1) is 0 Å². The SMILES string of the molecule is COc1ccc(Cl)cc1C(=O)NCCOc1ccc(C=C2SC(=O)NC2=O)cc1. The van der Waals surface area contributed by atoms with E-state index >= 15 is 0 Å². The summed E-state index contributed by atoms with van der Waals surface area (Å²) in [5.41, 5.74) is 1.12. The Hall–Kier alpha value is -2.97. The summed E-state index contributed by atoms with van der Waals surface area (Å²) in [6, 6.07) is 11.9. The van der Waals surface area contributed by atoms with Crippen molar-refractivity contribution in [3.8, 4) is 11.5 Å². The van der Waals surface area contributed by atoms with Gasteiger partial charge in [0.1, 0.15) is 18.1 Å². The van der Waals surface area contributed by atoms with Gasteiger partial charge in [-0.1, -0.05) is 23.7 Å². The summed E-state index contributed by atoms with van der Waals surface area (Å²) < 4.78 is 10.8. The van der Waals surface area contributed by atoms with Crippen LogP contribution in [-0.2, 0) is 4.79 Å². The summed E-state index contributed by atoms with van der Waals surface area (Å²) in [5, 5.41) is 5.02. The molecule has 1 heterocycles. The molecular weight excluding hydrogens is 416 g/mol. The zero-order valence-corrected chi connectivity index (χ0v) is 16.9. The molecule has 150 valence electrons. The highest BCUT2D eigenvalue weighted by Gasteiger charge is 2.24. The number of carbonyl (C=O) groups excluding carboxylic acids is 3. The van der Waals surface area contributed by atoms with Crippen LogP contribution in [-0.4, -0.2) is 37.3 Å². The van der Waals surface area contributed by atoms with Crippen LogP contribution < -0.4 is 20.1 Å². The van der Waals surface area contributed by atoms with Gasteiger partial charge in [-0.3, -0.25) is 19.7 Å². The second kappa shape index (κ2) is 9.49. The normalized spacial score (nSPS) is 14.6. The topological polar surface area (TPSA) is 93.7 Å². The highest BCUT2D eigenvalue weighted by Crippen LogP contribution is 2.26. The van der Waals surface area contributed by atoms with E-state index in [1.165, 1.54) is 7.11 Å². The highest BCUT2D eigenvalue weighted by molar-refractivity contribution is 8.18. The van der Waals surface area contributed by atoms with Crippen LogP contribution in [0.4, 0.5) is 4.79 Å². The molecule has 1 aliphatic heterocycles. The molecule has 1 saturated heterocycles. The van der Waals surface area contributed by atoms with E-state index in [0.29, 0.717) is 33.5 Å². The monoisotopic (exact) mass is 432 g/mol. The molecule has 1 aliphatic rings. The second-order valence-corrected chi connectivity index (χ2v) is 7.32. The lowest BCUT2D eigenvalue weighted by atomic mass is 10.2. The molecule has 0 aromatic heterocycles. The summed E-state index contributed by atoms with van der Waals surface area (Å²) in [5.74, 6) is 0.346. The molecule has 3 amide bonds. The van der Waals surface area contributed by atoms with Gasteiger partial charge in [0, 0.05) is 5.02 Å². The predicted octanol–water partition coefficient (Wildman–Crippen LogP) is 3.48. The minimum absolute atomic E-state index is 0.266. The van der Waals surface area contributed by atoms with E-state index in [4.69, 9.17) is 21.1 Å². The second-order valence-electron chi connectivity index (χ2n) is 5.87. The number of amides is 3. The van der Waals surface area contributed by atoms with Gasteiger partial charge in [0.2, 0.25) is 0 Å². The Morgan fingerprint density at radius 3 is 2.62 bits per heavy atom. The fraction of sp³-hybridized carbons (Fsp3) is 0.150. The van der Waals surface area contributed by atoms with Gasteiger partial charge in [0.05, 0.1) is 24.1 Å². The molecule has 2 aromatic rings. The van der Waals surface area contributed by atoms with Gasteiger partial charge < -0.3 is 14.8 Å². The van der Waals surface area contributed by atoms with E-state index < -0.39 is 5.91 Å². The van der Waals surface area contributed by atoms with Crippen molar-refractivity contribution in [1.29, 1.82) is 0 Å². The molecule has 0 bridgehead atoms. The van der Waals surface area contributed by atoms with Gasteiger partial charge in [-0.05, 0) is 53.7 Å². The zero-order chi connectivity index (χ0) is 20.8. The third kappa shape index (κ3) is 5.52. The maximum absolute atomic E-state index is 12.3. The maximum atomic E-state index is 12.3. The van der Waals surface area contributed by atoms with Crippen molar-refractivity contribution in [1.82, 2.24) is 10.6 Å². The van der Waals surface area contributed by atoms with Crippen LogP contribution in [0.5, 0.6) is 11.5 Å². The summed E-state index contributed by atoms with van der Waals surface area (Å²) in [7, 11) is 1.48. The molecule has 0 saturated carbocycles. The number of ether oxygens (including phenoxy) is 2. The molecule has 2 N–H and O–H groups in total. The Morgan fingerprint density at radius 1 is 1.21 bits per heavy atom. The molecule has 0 unspecified atom stereocenters. The first kappa shape index (κ1) is 20.8. The number of methoxy groups -OCH3 is 1. The molecule has 0 aliphatic carbocycles. The van der Waals surface area contributed by atoms with E-state index in [9.17, 15) is 14.4 Å². The van der Waals surface area contributed by atoms with Gasteiger partial charge in [0.15, 0.2) is 0 Å². The number of hydrogen-bond acceptors (Lipinski definition) is 6. The maximum Gasteiger partial charge on any atom is 0.290 e. The van der Waals surface area contributed by atoms with Gasteiger partial charge in [-0.2, -0.15) is 0 Å². The fourth-order valence-electron chi connectivity index (χ4n) is 2.52. The molecule has 7 nitrogen and oxygen atoms in total. The lowest BCUT2D eigenvalue weighted by Gasteiger charge is -2.10. The molecule has 29 heavy (non-hydrogen) atoms. The summed E-state index contributed by atoms with van der Waals surface area (Å²) >= 11 is 6.80. The average Bonchev–Trinajstić information content (AvgIpc) is 3.03. The van der Waals surface area contributed by atoms with E-state index in [1.54, 1.807) is 48.5 Å². The standard InChI is InChI=1S/C20H17ClN2O5S/c1-27-16-7-4-13(21)11-15(16)18(24)22-8-9-28-14-5-2-12(3-6-14)10-17-19(25)23-20(26)29-17/h2-7,10-11H,8-9H2,1H3,(H,22,24)(H,23,25,26). The lowest BCUT2D eigenvalue weighted by molar-refractivity contribution is -0.115. The smallest absolute Gasteiger partial charge is 0.290 e. The first-order valence-corrected chi connectivity index (χ1v) is 9.75. The van der Waals surface area contributed by atoms with Crippen LogP contribution in [0.2, 0.25) is 5.02 Å². The van der Waals surface area contributed by atoms with Crippen molar-refractivity contribution in [3.63, 3.8) is 0 Å². The molecule has 1 fully saturated rings. The van der Waals surface area contributed by atoms with Crippen LogP contribution >= 0.6 is 23.4 Å². The van der Waals surface area contributed by atoms with Crippen molar-refractivity contribution < 1.29 is 23.9 Å². The lowest BCUT2D eigenvalue weighted by Crippen LogP contribution is -2.28. The van der Waals surface area contributed by atoms with E-state index in [2.05, 4.69) is 10.6 Å². The number of benzene rings is 2. The molecule has 0 radical (unpaired) electrons. The molecular formula is C20H17ClN2O5S. The number of rotatable bonds is 7. The number of carbonyl (C=O) groups is 3. The molecule has 0 spiro atoms. The molecule has 0 atom stereocenters. The van der Waals surface area contributed by atoms with Crippen LogP contribution in [0.1, 0.15) is 15.9 Å². The third-order valence-electron chi connectivity index (χ3n) is 3.88. The van der Waals surface area contributed by atoms with Crippen LogP contribution in [0.3, 0.4) is 0 Å². The van der Waals surface area contributed by atoms with Gasteiger partial charge in [-0.25, -0.2) is 0 Å². The van der Waals surface area contributed by atoms with Crippen molar-refractivity contribution in [2.45, 2.75) is 0 Å². The zero-order valence-electron chi connectivity index (χ0n) is 15.4. The fourth-order valence-corrected chi connectivity index (χ4v) is 3.37. The predicted molar refractivity (Wildman–Crippen MR) is 111 cm³/mol. The van der Waals surface area contributed by atoms with Crippen molar-refractivity contribution >= 4 is 46.5 Å². The minimum atomic E-state index is -0.396. The molecule has 3 rings (SSSR count). The quantitative estimate of drug-likeness (QED) is 0.514. The van der Waals surface area contributed by atoms with Crippen LogP contribution in [0.15, 0.2) is 47.4 Å². The number of imide groups is 1. The average molecular weight is 433 g/mol. The number of halogens is 1. The largest absolute Gasteiger partial charge is 0.496 e. The molecule has 9 heteroatoms. The summed E-state index contributed by atoms with van der Waals surface area (Å²) in [6.45, 7) is 0.557. The van der Waals surface area contributed by atoms with Gasteiger partial charge in [-0.15, -0.1) is 0 Å². The Balaban J connectivity index is 1.49. The third-order valence-corrected chi connectivity index (χ3v) is 4.93. The molecule has 2 aromatic carbocycles. The summed E-state index contributed by atoms with van der Waals surface area (Å²) in [4.78, 5) is 35.4. The van der Waals surface area contributed by atoms with Gasteiger partial charge in [0.25, 0.3) is 17.1 Å². The Morgan fingerprint density at radius 2 is 1.97 bits per heavy atom. The Bertz CT molecular complexity index is 975. The Kier molecular flexibility index (Phi) is 6.79. The van der Waals surface area contributed by atoms with Crippen molar-refractivity contribution in [2.75, 3.05) is 20.3 Å².